The van der Waals surface area contributed by atoms with E-state index in [1.54, 1.807) is 18.6 Å². The maximum absolute atomic E-state index is 10.9. The number of hydrogen-bond donors (Lipinski definition) is 1. The lowest BCUT2D eigenvalue weighted by Crippen LogP contribution is -2.01. The van der Waals surface area contributed by atoms with Gasteiger partial charge < -0.3 is 13.9 Å². The second kappa shape index (κ2) is 3.38. The highest BCUT2D eigenvalue weighted by atomic mass is 16.4. The molecule has 0 spiro atoms. The van der Waals surface area contributed by atoms with Crippen molar-refractivity contribution in [1.82, 2.24) is 0 Å². The number of carbonyl (C=O) groups is 1. The SMILES string of the molecule is Cc1c2ccoc2c(CC(=O)O)c2ccoc12. The Hall–Kier alpha value is -2.23. The van der Waals surface area contributed by atoms with Crippen molar-refractivity contribution in [1.29, 1.82) is 0 Å². The van der Waals surface area contributed by atoms with E-state index in [-0.39, 0.29) is 6.42 Å². The molecule has 0 unspecified atom stereocenters. The minimum atomic E-state index is -0.881. The van der Waals surface area contributed by atoms with Gasteiger partial charge in [-0.25, -0.2) is 0 Å². The summed E-state index contributed by atoms with van der Waals surface area (Å²) in [7, 11) is 0. The maximum Gasteiger partial charge on any atom is 0.307 e. The maximum atomic E-state index is 10.9. The van der Waals surface area contributed by atoms with Crippen molar-refractivity contribution < 1.29 is 18.7 Å². The monoisotopic (exact) mass is 230 g/mol. The Labute approximate surface area is 96.4 Å². The Morgan fingerprint density at radius 1 is 1.18 bits per heavy atom. The molecule has 3 rings (SSSR count). The summed E-state index contributed by atoms with van der Waals surface area (Å²) in [6.07, 6.45) is 3.07. The number of carboxylic acid groups (broad SMARTS) is 1. The summed E-state index contributed by atoms with van der Waals surface area (Å²) in [6, 6.07) is 3.61. The van der Waals surface area contributed by atoms with Crippen molar-refractivity contribution in [3.05, 3.63) is 35.8 Å². The van der Waals surface area contributed by atoms with Gasteiger partial charge in [-0.15, -0.1) is 0 Å². The van der Waals surface area contributed by atoms with E-state index in [4.69, 9.17) is 13.9 Å². The topological polar surface area (TPSA) is 63.6 Å². The van der Waals surface area contributed by atoms with E-state index in [0.717, 1.165) is 21.9 Å². The molecule has 2 aromatic heterocycles. The second-order valence-electron chi connectivity index (χ2n) is 4.00. The normalized spacial score (nSPS) is 11.4. The van der Waals surface area contributed by atoms with Crippen LogP contribution < -0.4 is 0 Å². The van der Waals surface area contributed by atoms with Crippen LogP contribution in [0.25, 0.3) is 21.9 Å². The number of aryl methyl sites for hydroxylation is 1. The van der Waals surface area contributed by atoms with Gasteiger partial charge in [0.2, 0.25) is 0 Å². The number of aliphatic carboxylic acids is 1. The number of furan rings is 2. The molecule has 0 aliphatic carbocycles. The first-order chi connectivity index (χ1) is 8.18. The molecule has 0 aliphatic heterocycles. The minimum absolute atomic E-state index is 0.0691. The standard InChI is InChI=1S/C13H10O4/c1-7-8-2-4-17-13(8)10(6-11(14)15)9-3-5-16-12(7)9/h2-5H,6H2,1H3,(H,14,15). The molecular weight excluding hydrogens is 220 g/mol. The molecule has 3 aromatic rings. The molecule has 1 aromatic carbocycles. The summed E-state index contributed by atoms with van der Waals surface area (Å²) < 4.78 is 10.8. The van der Waals surface area contributed by atoms with Gasteiger partial charge in [-0.2, -0.15) is 0 Å². The highest BCUT2D eigenvalue weighted by Crippen LogP contribution is 2.34. The number of hydrogen-bond acceptors (Lipinski definition) is 3. The second-order valence-corrected chi connectivity index (χ2v) is 4.00. The molecule has 17 heavy (non-hydrogen) atoms. The van der Waals surface area contributed by atoms with Gasteiger partial charge in [0.1, 0.15) is 11.2 Å². The van der Waals surface area contributed by atoms with Gasteiger partial charge in [0.25, 0.3) is 0 Å². The molecule has 0 saturated carbocycles. The van der Waals surface area contributed by atoms with E-state index in [9.17, 15) is 4.79 Å². The third kappa shape index (κ3) is 1.34. The molecule has 0 fully saturated rings. The molecule has 0 saturated heterocycles. The molecule has 1 N–H and O–H groups in total. The van der Waals surface area contributed by atoms with Crippen LogP contribution in [0.1, 0.15) is 11.1 Å². The lowest BCUT2D eigenvalue weighted by atomic mass is 10.0. The molecule has 86 valence electrons. The fourth-order valence-electron chi connectivity index (χ4n) is 2.25. The zero-order valence-corrected chi connectivity index (χ0v) is 9.19. The average Bonchev–Trinajstić information content (AvgIpc) is 2.92. The molecule has 2 heterocycles. The summed E-state index contributed by atoms with van der Waals surface area (Å²) in [5, 5.41) is 10.7. The van der Waals surface area contributed by atoms with E-state index in [2.05, 4.69) is 0 Å². The van der Waals surface area contributed by atoms with Crippen LogP contribution in [0.4, 0.5) is 0 Å². The molecule has 4 heteroatoms. The molecule has 0 aliphatic rings. The Balaban J connectivity index is 2.47. The van der Waals surface area contributed by atoms with Gasteiger partial charge in [0, 0.05) is 21.9 Å². The van der Waals surface area contributed by atoms with Crippen LogP contribution in [0.2, 0.25) is 0 Å². The Bertz CT molecular complexity index is 666. The van der Waals surface area contributed by atoms with E-state index in [1.165, 1.54) is 0 Å². The van der Waals surface area contributed by atoms with Crippen LogP contribution >= 0.6 is 0 Å². The van der Waals surface area contributed by atoms with Crippen LogP contribution in [0.15, 0.2) is 33.5 Å². The zero-order valence-electron chi connectivity index (χ0n) is 9.19. The van der Waals surface area contributed by atoms with E-state index >= 15 is 0 Å². The van der Waals surface area contributed by atoms with Gasteiger partial charge in [0.15, 0.2) is 0 Å². The van der Waals surface area contributed by atoms with Crippen molar-refractivity contribution in [2.24, 2.45) is 0 Å². The smallest absolute Gasteiger partial charge is 0.307 e. The van der Waals surface area contributed by atoms with Gasteiger partial charge in [-0.05, 0) is 19.1 Å². The lowest BCUT2D eigenvalue weighted by Gasteiger charge is -2.04. The number of rotatable bonds is 2. The predicted molar refractivity (Wildman–Crippen MR) is 62.1 cm³/mol. The van der Waals surface area contributed by atoms with Crippen molar-refractivity contribution in [2.45, 2.75) is 13.3 Å². The first kappa shape index (κ1) is 9.96. The highest BCUT2D eigenvalue weighted by molar-refractivity contribution is 6.02. The number of carboxylic acids is 1. The molecular formula is C13H10O4. The third-order valence-corrected chi connectivity index (χ3v) is 3.00. The van der Waals surface area contributed by atoms with Crippen LogP contribution in [-0.4, -0.2) is 11.1 Å². The largest absolute Gasteiger partial charge is 0.481 e. The van der Waals surface area contributed by atoms with Crippen LogP contribution in [0, 0.1) is 6.92 Å². The van der Waals surface area contributed by atoms with Crippen molar-refractivity contribution in [3.63, 3.8) is 0 Å². The quantitative estimate of drug-likeness (QED) is 0.734. The van der Waals surface area contributed by atoms with Crippen molar-refractivity contribution in [2.75, 3.05) is 0 Å². The molecule has 0 radical (unpaired) electrons. The number of fused-ring (bicyclic) bond motifs is 2. The van der Waals surface area contributed by atoms with E-state index in [1.807, 2.05) is 13.0 Å². The Morgan fingerprint density at radius 3 is 2.53 bits per heavy atom. The highest BCUT2D eigenvalue weighted by Gasteiger charge is 2.17. The fraction of sp³-hybridized carbons (Fsp3) is 0.154. The van der Waals surface area contributed by atoms with Crippen LogP contribution in [-0.2, 0) is 11.2 Å². The summed E-state index contributed by atoms with van der Waals surface area (Å²) in [5.74, 6) is -0.881. The number of benzene rings is 1. The average molecular weight is 230 g/mol. The molecule has 4 nitrogen and oxygen atoms in total. The summed E-state index contributed by atoms with van der Waals surface area (Å²) in [6.45, 7) is 1.94. The van der Waals surface area contributed by atoms with E-state index < -0.39 is 5.97 Å². The molecule has 0 atom stereocenters. The first-order valence-corrected chi connectivity index (χ1v) is 5.26. The van der Waals surface area contributed by atoms with Gasteiger partial charge in [0.05, 0.1) is 18.9 Å². The van der Waals surface area contributed by atoms with Crippen LogP contribution in [0.3, 0.4) is 0 Å². The molecule has 0 amide bonds. The summed E-state index contributed by atoms with van der Waals surface area (Å²) in [5.41, 5.74) is 3.02. The summed E-state index contributed by atoms with van der Waals surface area (Å²) in [4.78, 5) is 10.9. The van der Waals surface area contributed by atoms with Crippen LogP contribution in [0.5, 0.6) is 0 Å². The lowest BCUT2D eigenvalue weighted by molar-refractivity contribution is -0.136. The van der Waals surface area contributed by atoms with Gasteiger partial charge in [-0.3, -0.25) is 4.79 Å². The fourth-order valence-corrected chi connectivity index (χ4v) is 2.25. The summed E-state index contributed by atoms with van der Waals surface area (Å²) >= 11 is 0. The minimum Gasteiger partial charge on any atom is -0.481 e. The van der Waals surface area contributed by atoms with E-state index in [0.29, 0.717) is 11.1 Å². The Morgan fingerprint density at radius 2 is 1.82 bits per heavy atom. The first-order valence-electron chi connectivity index (χ1n) is 5.26. The zero-order chi connectivity index (χ0) is 12.0. The van der Waals surface area contributed by atoms with Gasteiger partial charge >= 0.3 is 5.97 Å². The van der Waals surface area contributed by atoms with Crippen molar-refractivity contribution >= 4 is 27.9 Å². The predicted octanol–water partition coefficient (Wildman–Crippen LogP) is 3.11. The van der Waals surface area contributed by atoms with Gasteiger partial charge in [-0.1, -0.05) is 0 Å². The van der Waals surface area contributed by atoms with Crippen molar-refractivity contribution in [3.8, 4) is 0 Å². The third-order valence-electron chi connectivity index (χ3n) is 3.00. The Kier molecular flexibility index (Phi) is 1.98. The molecule has 0 bridgehead atoms.